The summed E-state index contributed by atoms with van der Waals surface area (Å²) in [6.45, 7) is 3.06. The monoisotopic (exact) mass is 354 g/mol. The van der Waals surface area contributed by atoms with Crippen LogP contribution in [0.25, 0.3) is 33.3 Å². The minimum absolute atomic E-state index is 0.0278. The van der Waals surface area contributed by atoms with Crippen LogP contribution < -0.4 is 5.73 Å². The van der Waals surface area contributed by atoms with E-state index in [1.165, 1.54) is 5.39 Å². The van der Waals surface area contributed by atoms with Crippen LogP contribution in [0.1, 0.15) is 12.7 Å². The minimum atomic E-state index is -0.574. The number of aromatic amines is 2. The van der Waals surface area contributed by atoms with Crippen LogP contribution in [0.15, 0.2) is 36.4 Å². The molecule has 1 amide bonds. The number of fused-ring (bicyclic) bond motifs is 2. The second-order valence-electron chi connectivity index (χ2n) is 5.88. The third kappa shape index (κ3) is 3.49. The molecule has 0 fully saturated rings. The second kappa shape index (κ2) is 6.83. The SMILES string of the molecule is CC(=O)N(C)F.Cc1nc2nc(N)cc(-c3cc4ccccc4[nH]3)c2[nH]1. The third-order valence-electron chi connectivity index (χ3n) is 3.85. The van der Waals surface area contributed by atoms with Gasteiger partial charge in [-0.3, -0.25) is 4.79 Å². The number of aromatic nitrogens is 4. The number of hydrogen-bond donors (Lipinski definition) is 3. The maximum absolute atomic E-state index is 11.3. The Bertz CT molecular complexity index is 1050. The summed E-state index contributed by atoms with van der Waals surface area (Å²) < 4.78 is 11.3. The van der Waals surface area contributed by atoms with Gasteiger partial charge < -0.3 is 15.7 Å². The van der Waals surface area contributed by atoms with Crippen LogP contribution in [-0.2, 0) is 4.79 Å². The molecule has 0 aliphatic rings. The molecule has 26 heavy (non-hydrogen) atoms. The number of carbonyl (C=O) groups is 1. The van der Waals surface area contributed by atoms with Crippen LogP contribution >= 0.6 is 0 Å². The summed E-state index contributed by atoms with van der Waals surface area (Å²) in [5.74, 6) is 0.725. The summed E-state index contributed by atoms with van der Waals surface area (Å²) in [5, 5.41) is 1.20. The van der Waals surface area contributed by atoms with E-state index in [1.54, 1.807) is 0 Å². The molecule has 0 spiro atoms. The van der Waals surface area contributed by atoms with Gasteiger partial charge in [0.25, 0.3) is 0 Å². The van der Waals surface area contributed by atoms with Crippen molar-refractivity contribution in [1.82, 2.24) is 25.1 Å². The summed E-state index contributed by atoms with van der Waals surface area (Å²) in [6, 6.07) is 12.1. The van der Waals surface area contributed by atoms with Crippen LogP contribution in [0, 0.1) is 6.92 Å². The number of hydrogen-bond acceptors (Lipinski definition) is 4. The number of rotatable bonds is 1. The van der Waals surface area contributed by atoms with Gasteiger partial charge in [-0.25, -0.2) is 9.97 Å². The highest BCUT2D eigenvalue weighted by atomic mass is 19.2. The average Bonchev–Trinajstić information content (AvgIpc) is 3.16. The van der Waals surface area contributed by atoms with Crippen LogP contribution in [0.4, 0.5) is 10.3 Å². The Hall–Kier alpha value is -3.42. The predicted molar refractivity (Wildman–Crippen MR) is 99.9 cm³/mol. The number of imidazole rings is 1. The van der Waals surface area contributed by atoms with Crippen LogP contribution in [0.3, 0.4) is 0 Å². The van der Waals surface area contributed by atoms with Crippen molar-refractivity contribution in [3.05, 3.63) is 42.2 Å². The molecule has 0 aliphatic carbocycles. The first-order valence-electron chi connectivity index (χ1n) is 7.96. The molecule has 0 atom stereocenters. The lowest BCUT2D eigenvalue weighted by Crippen LogP contribution is -2.11. The number of nitrogens with two attached hydrogens (primary N) is 1. The molecule has 0 bridgehead atoms. The Morgan fingerprint density at radius 2 is 1.88 bits per heavy atom. The average molecular weight is 354 g/mol. The number of benzene rings is 1. The lowest BCUT2D eigenvalue weighted by molar-refractivity contribution is -0.140. The highest BCUT2D eigenvalue weighted by Gasteiger charge is 2.12. The Morgan fingerprint density at radius 1 is 1.19 bits per heavy atom. The van der Waals surface area contributed by atoms with E-state index in [9.17, 15) is 9.28 Å². The van der Waals surface area contributed by atoms with Crippen molar-refractivity contribution in [2.75, 3.05) is 12.8 Å². The third-order valence-corrected chi connectivity index (χ3v) is 3.85. The Labute approximate surface area is 149 Å². The predicted octanol–water partition coefficient (Wildman–Crippen LogP) is 3.35. The highest BCUT2D eigenvalue weighted by Crippen LogP contribution is 2.30. The lowest BCUT2D eigenvalue weighted by Gasteiger charge is -2.01. The molecule has 134 valence electrons. The number of H-pyrrole nitrogens is 2. The zero-order valence-electron chi connectivity index (χ0n) is 14.7. The van der Waals surface area contributed by atoms with Gasteiger partial charge in [0.2, 0.25) is 5.91 Å². The fourth-order valence-corrected chi connectivity index (χ4v) is 2.55. The summed E-state index contributed by atoms with van der Waals surface area (Å²) in [4.78, 5) is 25.0. The normalized spacial score (nSPS) is 10.6. The smallest absolute Gasteiger partial charge is 0.246 e. The van der Waals surface area contributed by atoms with Gasteiger partial charge in [-0.1, -0.05) is 22.7 Å². The largest absolute Gasteiger partial charge is 0.384 e. The van der Waals surface area contributed by atoms with E-state index < -0.39 is 5.91 Å². The molecule has 4 aromatic rings. The van der Waals surface area contributed by atoms with E-state index in [2.05, 4.69) is 38.1 Å². The van der Waals surface area contributed by atoms with Crippen molar-refractivity contribution in [2.24, 2.45) is 0 Å². The topological polar surface area (TPSA) is 104 Å². The first-order valence-corrected chi connectivity index (χ1v) is 7.96. The number of para-hydroxylation sites is 1. The highest BCUT2D eigenvalue weighted by molar-refractivity contribution is 5.95. The zero-order chi connectivity index (χ0) is 18.8. The molecule has 4 rings (SSSR count). The van der Waals surface area contributed by atoms with E-state index in [0.717, 1.165) is 42.1 Å². The Balaban J connectivity index is 0.000000286. The number of anilines is 1. The van der Waals surface area contributed by atoms with Crippen LogP contribution in [0.5, 0.6) is 0 Å². The lowest BCUT2D eigenvalue weighted by atomic mass is 10.1. The first kappa shape index (κ1) is 17.4. The standard InChI is InChI=1S/C15H13N5.C3H6FNO/c1-8-17-14-10(7-13(16)20-15(14)18-8)12-6-9-4-2-3-5-11(9)19-12;1-3(6)5(2)4/h2-7,19H,1H3,(H3,16,17,18,20);1-2H3. The Morgan fingerprint density at radius 3 is 2.54 bits per heavy atom. The van der Waals surface area contributed by atoms with Crippen LogP contribution in [-0.4, -0.2) is 38.0 Å². The number of pyridine rings is 1. The van der Waals surface area contributed by atoms with Crippen LogP contribution in [0.2, 0.25) is 0 Å². The number of nitrogen functional groups attached to an aromatic ring is 1. The zero-order valence-corrected chi connectivity index (χ0v) is 14.7. The number of amides is 1. The van der Waals surface area contributed by atoms with Gasteiger partial charge in [-0.2, -0.15) is 5.12 Å². The van der Waals surface area contributed by atoms with Gasteiger partial charge in [0.15, 0.2) is 5.65 Å². The molecule has 0 aliphatic heterocycles. The molecule has 0 unspecified atom stereocenters. The van der Waals surface area contributed by atoms with Gasteiger partial charge in [0, 0.05) is 36.1 Å². The van der Waals surface area contributed by atoms with E-state index in [0.29, 0.717) is 11.5 Å². The molecular formula is C18H19FN6O. The molecule has 3 heterocycles. The van der Waals surface area contributed by atoms with E-state index >= 15 is 0 Å². The van der Waals surface area contributed by atoms with Gasteiger partial charge in [-0.05, 0) is 25.1 Å². The maximum atomic E-state index is 11.3. The first-order chi connectivity index (χ1) is 12.3. The molecule has 0 saturated carbocycles. The van der Waals surface area contributed by atoms with E-state index in [1.807, 2.05) is 25.1 Å². The molecule has 0 radical (unpaired) electrons. The van der Waals surface area contributed by atoms with Crippen molar-refractivity contribution in [3.8, 4) is 11.3 Å². The second-order valence-corrected chi connectivity index (χ2v) is 5.88. The van der Waals surface area contributed by atoms with Gasteiger partial charge >= 0.3 is 0 Å². The van der Waals surface area contributed by atoms with Crippen molar-refractivity contribution < 1.29 is 9.28 Å². The molecule has 8 heteroatoms. The number of nitrogens with zero attached hydrogens (tertiary/aromatic N) is 3. The summed E-state index contributed by atoms with van der Waals surface area (Å²) in [6.07, 6.45) is 0. The van der Waals surface area contributed by atoms with E-state index in [4.69, 9.17) is 5.73 Å². The number of carbonyl (C=O) groups excluding carboxylic acids is 1. The number of aryl methyl sites for hydroxylation is 1. The van der Waals surface area contributed by atoms with Crippen molar-refractivity contribution >= 4 is 33.8 Å². The fraction of sp³-hybridized carbons (Fsp3) is 0.167. The van der Waals surface area contributed by atoms with E-state index in [-0.39, 0.29) is 5.12 Å². The number of halogens is 1. The van der Waals surface area contributed by atoms with Crippen molar-refractivity contribution in [1.29, 1.82) is 0 Å². The Kier molecular flexibility index (Phi) is 4.57. The van der Waals surface area contributed by atoms with Gasteiger partial charge in [0.05, 0.1) is 5.52 Å². The summed E-state index contributed by atoms with van der Waals surface area (Å²) >= 11 is 0. The van der Waals surface area contributed by atoms with Crippen molar-refractivity contribution in [2.45, 2.75) is 13.8 Å². The molecule has 7 nitrogen and oxygen atoms in total. The quantitative estimate of drug-likeness (QED) is 0.456. The van der Waals surface area contributed by atoms with Gasteiger partial charge in [0.1, 0.15) is 11.6 Å². The molecular weight excluding hydrogens is 335 g/mol. The van der Waals surface area contributed by atoms with Crippen molar-refractivity contribution in [3.63, 3.8) is 0 Å². The molecule has 0 saturated heterocycles. The molecule has 3 aromatic heterocycles. The number of nitrogens with one attached hydrogen (secondary N) is 2. The minimum Gasteiger partial charge on any atom is -0.384 e. The molecule has 4 N–H and O–H groups in total. The summed E-state index contributed by atoms with van der Waals surface area (Å²) in [5.41, 5.74) is 10.5. The van der Waals surface area contributed by atoms with Gasteiger partial charge in [-0.15, -0.1) is 0 Å². The maximum Gasteiger partial charge on any atom is 0.246 e. The molecule has 1 aromatic carbocycles. The summed E-state index contributed by atoms with van der Waals surface area (Å²) in [7, 11) is 1.06. The fourth-order valence-electron chi connectivity index (χ4n) is 2.55.